The van der Waals surface area contributed by atoms with E-state index in [-0.39, 0.29) is 17.6 Å². The van der Waals surface area contributed by atoms with Crippen molar-refractivity contribution in [3.8, 4) is 0 Å². The Hall–Kier alpha value is -0.193. The molecule has 0 rings (SSSR count). The summed E-state index contributed by atoms with van der Waals surface area (Å²) in [5.74, 6) is -0.0339. The Morgan fingerprint density at radius 3 is 1.39 bits per heavy atom. The van der Waals surface area contributed by atoms with Gasteiger partial charge in [-0.1, -0.05) is 47.0 Å². The monoisotopic (exact) mass is 597 g/mol. The van der Waals surface area contributed by atoms with Crippen LogP contribution in [0.3, 0.4) is 0 Å². The molecule has 6 nitrogen and oxygen atoms in total. The van der Waals surface area contributed by atoms with Crippen LogP contribution in [0.25, 0.3) is 0 Å². The number of unbranched alkanes of at least 4 members (excludes halogenated alkanes) is 3. The molecule has 0 heterocycles. The number of rotatable bonds is 17. The van der Waals surface area contributed by atoms with Gasteiger partial charge in [0, 0.05) is 28.3 Å². The summed E-state index contributed by atoms with van der Waals surface area (Å²) >= 11 is 0. The molecule has 0 saturated carbocycles. The van der Waals surface area contributed by atoms with Crippen molar-refractivity contribution in [3.63, 3.8) is 0 Å². The van der Waals surface area contributed by atoms with Crippen molar-refractivity contribution >= 4 is 30.0 Å². The summed E-state index contributed by atoms with van der Waals surface area (Å²) in [6, 6.07) is 0. The zero-order chi connectivity index (χ0) is 28.7. The second-order valence-corrected chi connectivity index (χ2v) is 18.3. The molecule has 0 aromatic carbocycles. The number of ether oxygens (including phenoxy) is 1. The number of carbonyl (C=O) groups is 1. The van der Waals surface area contributed by atoms with Crippen LogP contribution < -0.4 is 5.32 Å². The van der Waals surface area contributed by atoms with Crippen LogP contribution in [0.4, 0.5) is 30.0 Å². The quantitative estimate of drug-likeness (QED) is 0.103. The first kappa shape index (κ1) is 38.0. The maximum absolute atomic E-state index is 12.8. The molecule has 0 bridgehead atoms. The van der Waals surface area contributed by atoms with E-state index >= 15 is 0 Å². The fourth-order valence-electron chi connectivity index (χ4n) is 3.86. The van der Waals surface area contributed by atoms with Crippen LogP contribution in [0.1, 0.15) is 79.6 Å². The molecule has 2 unspecified atom stereocenters. The van der Waals surface area contributed by atoms with Crippen LogP contribution in [0, 0.1) is 0 Å². The minimum absolute atomic E-state index is 0.0339. The third-order valence-electron chi connectivity index (χ3n) is 5.90. The molecule has 0 spiro atoms. The Labute approximate surface area is 214 Å². The molecule has 1 amide bonds. The summed E-state index contributed by atoms with van der Waals surface area (Å²) in [4.78, 5) is 12.8. The van der Waals surface area contributed by atoms with Gasteiger partial charge in [0.1, 0.15) is 5.67 Å². The summed E-state index contributed by atoms with van der Waals surface area (Å²) in [6.07, 6.45) is 11.1. The molecule has 2 atom stereocenters. The number of hydrogen-bond donors (Lipinski definition) is 1. The Morgan fingerprint density at radius 1 is 0.806 bits per heavy atom. The van der Waals surface area contributed by atoms with E-state index in [4.69, 9.17) is 18.0 Å². The van der Waals surface area contributed by atoms with Gasteiger partial charge in [-0.3, -0.25) is 0 Å². The fraction of sp³-hybridized carbons (Fsp3) is 0.952. The molecule has 36 heavy (non-hydrogen) atoms. The molecule has 0 fully saturated rings. The van der Waals surface area contributed by atoms with Gasteiger partial charge in [0.2, 0.25) is 5.85 Å². The molecule has 222 valence electrons. The van der Waals surface area contributed by atoms with Crippen LogP contribution in [-0.4, -0.2) is 66.2 Å². The number of alkyl carbamates (subject to hydrolysis) is 1. The molecule has 0 aliphatic heterocycles. The van der Waals surface area contributed by atoms with Crippen LogP contribution in [0.2, 0.25) is 0 Å². The molecule has 15 heteroatoms. The van der Waals surface area contributed by atoms with Crippen molar-refractivity contribution in [3.05, 3.63) is 0 Å². The standard InChI is InChI=1S/C21H46NO5PSi.F6P/c1-9-13-16-28(17-14-10-2,18-15-11-3)19(5)27-21(23)22-20(12-4)29(24-6,25-7)26-8;1-7(2,3,4,5)6/h19-20H,9-18H2,1-8H3;/q;-1/p+1. The third-order valence-corrected chi connectivity index (χ3v) is 14.3. The number of hydrogen-bond acceptors (Lipinski definition) is 5. The van der Waals surface area contributed by atoms with Gasteiger partial charge in [0.05, 0.1) is 25.7 Å². The SMILES string of the molecule is CCCC[P+](CCCC)(CCCC)C(C)OC(=O)NC(CC)[Si](OC)(OC)OC.F[P-](F)(F)(F)(F)F. The molecule has 0 aliphatic rings. The summed E-state index contributed by atoms with van der Waals surface area (Å²) in [5, 5.41) is 2.98. The molecule has 1 N–H and O–H groups in total. The first-order valence-corrected chi connectivity index (χ1v) is 18.6. The summed E-state index contributed by atoms with van der Waals surface area (Å²) < 4.78 is 81.9. The molecule has 0 radical (unpaired) electrons. The van der Waals surface area contributed by atoms with Gasteiger partial charge < -0.3 is 23.3 Å². The fourth-order valence-corrected chi connectivity index (χ4v) is 10.9. The maximum atomic E-state index is 12.8. The van der Waals surface area contributed by atoms with E-state index in [1.807, 2.05) is 6.92 Å². The van der Waals surface area contributed by atoms with Crippen molar-refractivity contribution < 1.29 is 48.0 Å². The van der Waals surface area contributed by atoms with Gasteiger partial charge in [-0.2, -0.15) is 0 Å². The van der Waals surface area contributed by atoms with E-state index in [1.54, 1.807) is 21.3 Å². The van der Waals surface area contributed by atoms with Crippen molar-refractivity contribution in [2.24, 2.45) is 0 Å². The zero-order valence-corrected chi connectivity index (χ0v) is 25.7. The van der Waals surface area contributed by atoms with Gasteiger partial charge in [0.15, 0.2) is 0 Å². The summed E-state index contributed by atoms with van der Waals surface area (Å²) in [5.41, 5.74) is -0.336. The molecule has 0 saturated heterocycles. The summed E-state index contributed by atoms with van der Waals surface area (Å²) in [6.45, 7) is 10.8. The second-order valence-electron chi connectivity index (χ2n) is 8.73. The number of halogens is 6. The van der Waals surface area contributed by atoms with E-state index in [2.05, 4.69) is 33.0 Å². The average Bonchev–Trinajstić information content (AvgIpc) is 2.77. The molecule has 0 aromatic heterocycles. The molecular formula is C21H47F6NO5P2Si. The van der Waals surface area contributed by atoms with Crippen LogP contribution >= 0.6 is 15.1 Å². The Kier molecular flexibility index (Phi) is 16.2. The zero-order valence-electron chi connectivity index (χ0n) is 22.9. The Bertz CT molecular complexity index is 586. The van der Waals surface area contributed by atoms with E-state index < -0.39 is 23.9 Å². The first-order valence-electron chi connectivity index (χ1n) is 12.3. The molecular weight excluding hydrogens is 550 g/mol. The molecule has 0 aromatic rings. The Balaban J connectivity index is 0. The first-order chi connectivity index (χ1) is 16.3. The number of carbonyl (C=O) groups excluding carboxylic acids is 1. The predicted molar refractivity (Wildman–Crippen MR) is 140 cm³/mol. The van der Waals surface area contributed by atoms with E-state index in [0.717, 1.165) is 0 Å². The second kappa shape index (κ2) is 15.4. The minimum atomic E-state index is -10.7. The molecule has 0 aliphatic carbocycles. The average molecular weight is 598 g/mol. The van der Waals surface area contributed by atoms with Crippen LogP contribution in [-0.2, 0) is 18.0 Å². The normalized spacial score (nSPS) is 16.2. The predicted octanol–water partition coefficient (Wildman–Crippen LogP) is 9.05. The number of nitrogens with one attached hydrogen (secondary N) is 1. The van der Waals surface area contributed by atoms with Gasteiger partial charge in [-0.15, -0.1) is 0 Å². The van der Waals surface area contributed by atoms with Gasteiger partial charge in [-0.05, 0) is 25.7 Å². The summed E-state index contributed by atoms with van der Waals surface area (Å²) in [7, 11) is -10.3. The van der Waals surface area contributed by atoms with Gasteiger partial charge >= 0.3 is 47.9 Å². The third kappa shape index (κ3) is 17.3. The topological polar surface area (TPSA) is 66.0 Å². The Morgan fingerprint density at radius 2 is 1.14 bits per heavy atom. The van der Waals surface area contributed by atoms with Crippen molar-refractivity contribution in [2.75, 3.05) is 39.8 Å². The van der Waals surface area contributed by atoms with E-state index in [9.17, 15) is 30.0 Å². The van der Waals surface area contributed by atoms with E-state index in [0.29, 0.717) is 6.42 Å². The van der Waals surface area contributed by atoms with Crippen molar-refractivity contribution in [2.45, 2.75) is 91.1 Å². The van der Waals surface area contributed by atoms with Crippen LogP contribution in [0.5, 0.6) is 0 Å². The van der Waals surface area contributed by atoms with Gasteiger partial charge in [0.25, 0.3) is 0 Å². The van der Waals surface area contributed by atoms with Crippen molar-refractivity contribution in [1.29, 1.82) is 0 Å². The van der Waals surface area contributed by atoms with Crippen molar-refractivity contribution in [1.82, 2.24) is 5.32 Å². The number of amides is 1. The van der Waals surface area contributed by atoms with E-state index in [1.165, 1.54) is 57.0 Å². The van der Waals surface area contributed by atoms with Gasteiger partial charge in [-0.25, -0.2) is 4.79 Å². The van der Waals surface area contributed by atoms with Crippen LogP contribution in [0.15, 0.2) is 0 Å².